The second-order valence-corrected chi connectivity index (χ2v) is 5.50. The van der Waals surface area contributed by atoms with Crippen molar-refractivity contribution >= 4 is 17.6 Å². The summed E-state index contributed by atoms with van der Waals surface area (Å²) in [5, 5.41) is 9.37. The van der Waals surface area contributed by atoms with E-state index in [1.165, 1.54) is 0 Å². The summed E-state index contributed by atoms with van der Waals surface area (Å²) in [6.45, 7) is 0.386. The Hall–Kier alpha value is -2.14. The van der Waals surface area contributed by atoms with Gasteiger partial charge in [0.05, 0.1) is 18.6 Å². The summed E-state index contributed by atoms with van der Waals surface area (Å²) in [7, 11) is 0. The SMILES string of the molecule is O=C(O)[C@@H]1[C@H]2C(=O)N(c3ccccc3)C[C@@]23C=C[C@H]1O3. The van der Waals surface area contributed by atoms with Crippen molar-refractivity contribution in [2.75, 3.05) is 11.4 Å². The number of rotatable bonds is 2. The summed E-state index contributed by atoms with van der Waals surface area (Å²) in [5.41, 5.74) is 0.0200. The average Bonchev–Trinajstić information content (AvgIpc) is 3.08. The summed E-state index contributed by atoms with van der Waals surface area (Å²) in [5.74, 6) is -2.51. The molecule has 5 heteroatoms. The van der Waals surface area contributed by atoms with Crippen molar-refractivity contribution in [2.45, 2.75) is 11.7 Å². The standard InChI is InChI=1S/C15H13NO4/c17-13-12-11(14(18)19)10-6-7-15(12,20-10)8-16(13)9-4-2-1-3-5-9/h1-7,10-12H,8H2,(H,18,19)/t10-,11+,12+,15+/m1/s1. The molecule has 3 heterocycles. The number of nitrogens with zero attached hydrogens (tertiary/aromatic N) is 1. The van der Waals surface area contributed by atoms with Crippen LogP contribution in [0.1, 0.15) is 0 Å². The largest absolute Gasteiger partial charge is 0.481 e. The van der Waals surface area contributed by atoms with Crippen molar-refractivity contribution in [1.29, 1.82) is 0 Å². The Morgan fingerprint density at radius 3 is 2.80 bits per heavy atom. The summed E-state index contributed by atoms with van der Waals surface area (Å²) in [4.78, 5) is 25.7. The number of anilines is 1. The molecule has 5 nitrogen and oxygen atoms in total. The molecule has 0 aliphatic carbocycles. The minimum atomic E-state index is -0.963. The highest BCUT2D eigenvalue weighted by Crippen LogP contribution is 2.52. The molecule has 0 aromatic heterocycles. The molecule has 2 fully saturated rings. The molecule has 1 amide bonds. The van der Waals surface area contributed by atoms with Gasteiger partial charge in [-0.1, -0.05) is 30.4 Å². The van der Waals surface area contributed by atoms with Gasteiger partial charge in [-0.05, 0) is 12.1 Å². The molecule has 2 saturated heterocycles. The molecular weight excluding hydrogens is 258 g/mol. The van der Waals surface area contributed by atoms with Gasteiger partial charge < -0.3 is 14.7 Å². The van der Waals surface area contributed by atoms with Crippen molar-refractivity contribution in [2.24, 2.45) is 11.8 Å². The second-order valence-electron chi connectivity index (χ2n) is 5.50. The maximum absolute atomic E-state index is 12.6. The topological polar surface area (TPSA) is 66.8 Å². The second kappa shape index (κ2) is 3.70. The van der Waals surface area contributed by atoms with E-state index >= 15 is 0 Å². The molecule has 1 aromatic rings. The number of carbonyl (C=O) groups is 2. The number of carboxylic acid groups (broad SMARTS) is 1. The van der Waals surface area contributed by atoms with E-state index in [0.29, 0.717) is 6.54 Å². The van der Waals surface area contributed by atoms with E-state index in [2.05, 4.69) is 0 Å². The number of ether oxygens (including phenoxy) is 1. The lowest BCUT2D eigenvalue weighted by Crippen LogP contribution is -2.39. The minimum Gasteiger partial charge on any atom is -0.481 e. The van der Waals surface area contributed by atoms with Crippen LogP contribution in [-0.4, -0.2) is 35.2 Å². The molecule has 3 aliphatic heterocycles. The van der Waals surface area contributed by atoms with Gasteiger partial charge in [0.25, 0.3) is 0 Å². The fourth-order valence-electron chi connectivity index (χ4n) is 3.61. The van der Waals surface area contributed by atoms with Crippen LogP contribution < -0.4 is 4.90 Å². The first-order valence-electron chi connectivity index (χ1n) is 6.59. The zero-order valence-electron chi connectivity index (χ0n) is 10.6. The number of benzene rings is 1. The van der Waals surface area contributed by atoms with Crippen molar-refractivity contribution in [1.82, 2.24) is 0 Å². The number of amides is 1. The van der Waals surface area contributed by atoms with Crippen LogP contribution in [0.2, 0.25) is 0 Å². The number of fused-ring (bicyclic) bond motifs is 1. The van der Waals surface area contributed by atoms with E-state index < -0.39 is 29.5 Å². The van der Waals surface area contributed by atoms with Gasteiger partial charge in [-0.25, -0.2) is 0 Å². The molecule has 1 N–H and O–H groups in total. The van der Waals surface area contributed by atoms with Crippen LogP contribution in [0, 0.1) is 11.8 Å². The maximum atomic E-state index is 12.6. The van der Waals surface area contributed by atoms with E-state index in [1.54, 1.807) is 11.0 Å². The van der Waals surface area contributed by atoms with Crippen molar-refractivity contribution in [3.05, 3.63) is 42.5 Å². The highest BCUT2D eigenvalue weighted by atomic mass is 16.5. The quantitative estimate of drug-likeness (QED) is 0.817. The van der Waals surface area contributed by atoms with Gasteiger partial charge in [-0.2, -0.15) is 0 Å². The molecule has 0 radical (unpaired) electrons. The molecule has 1 aromatic carbocycles. The fourth-order valence-corrected chi connectivity index (χ4v) is 3.61. The van der Waals surface area contributed by atoms with E-state index in [4.69, 9.17) is 4.74 Å². The van der Waals surface area contributed by atoms with Gasteiger partial charge in [0.15, 0.2) is 0 Å². The van der Waals surface area contributed by atoms with Crippen LogP contribution in [0.5, 0.6) is 0 Å². The number of para-hydroxylation sites is 1. The summed E-state index contributed by atoms with van der Waals surface area (Å²) in [6, 6.07) is 9.29. The molecule has 4 atom stereocenters. The Balaban J connectivity index is 1.76. The number of carbonyl (C=O) groups excluding carboxylic acids is 1. The molecular formula is C15H13NO4. The third-order valence-electron chi connectivity index (χ3n) is 4.45. The van der Waals surface area contributed by atoms with Crippen LogP contribution in [0.25, 0.3) is 0 Å². The maximum Gasteiger partial charge on any atom is 0.310 e. The highest BCUT2D eigenvalue weighted by Gasteiger charge is 2.67. The van der Waals surface area contributed by atoms with Crippen molar-refractivity contribution in [3.8, 4) is 0 Å². The summed E-state index contributed by atoms with van der Waals surface area (Å²) in [6.07, 6.45) is 3.17. The van der Waals surface area contributed by atoms with Crippen LogP contribution in [-0.2, 0) is 14.3 Å². The Morgan fingerprint density at radius 1 is 1.35 bits per heavy atom. The van der Waals surface area contributed by atoms with Gasteiger partial charge in [0, 0.05) is 5.69 Å². The highest BCUT2D eigenvalue weighted by molar-refractivity contribution is 6.02. The molecule has 0 saturated carbocycles. The van der Waals surface area contributed by atoms with Crippen molar-refractivity contribution < 1.29 is 19.4 Å². The summed E-state index contributed by atoms with van der Waals surface area (Å²) < 4.78 is 5.83. The van der Waals surface area contributed by atoms with Gasteiger partial charge >= 0.3 is 5.97 Å². The monoisotopic (exact) mass is 271 g/mol. The predicted octanol–water partition coefficient (Wildman–Crippen LogP) is 1.06. The third kappa shape index (κ3) is 1.30. The molecule has 102 valence electrons. The molecule has 2 bridgehead atoms. The van der Waals surface area contributed by atoms with Crippen LogP contribution in [0.3, 0.4) is 0 Å². The number of hydrogen-bond donors (Lipinski definition) is 1. The Labute approximate surface area is 115 Å². The first kappa shape index (κ1) is 11.7. The van der Waals surface area contributed by atoms with Crippen LogP contribution >= 0.6 is 0 Å². The smallest absolute Gasteiger partial charge is 0.310 e. The lowest BCUT2D eigenvalue weighted by atomic mass is 9.77. The predicted molar refractivity (Wildman–Crippen MR) is 70.2 cm³/mol. The molecule has 4 rings (SSSR count). The lowest BCUT2D eigenvalue weighted by Gasteiger charge is -2.21. The van der Waals surface area contributed by atoms with Gasteiger partial charge in [-0.3, -0.25) is 9.59 Å². The zero-order valence-corrected chi connectivity index (χ0v) is 10.6. The van der Waals surface area contributed by atoms with E-state index in [-0.39, 0.29) is 5.91 Å². The van der Waals surface area contributed by atoms with E-state index in [1.807, 2.05) is 36.4 Å². The first-order chi connectivity index (χ1) is 9.62. The summed E-state index contributed by atoms with van der Waals surface area (Å²) >= 11 is 0. The normalized spacial score (nSPS) is 37.5. The molecule has 20 heavy (non-hydrogen) atoms. The van der Waals surface area contributed by atoms with E-state index in [0.717, 1.165) is 5.69 Å². The van der Waals surface area contributed by atoms with E-state index in [9.17, 15) is 14.7 Å². The minimum absolute atomic E-state index is 0.157. The third-order valence-corrected chi connectivity index (χ3v) is 4.45. The number of hydrogen-bond acceptors (Lipinski definition) is 3. The van der Waals surface area contributed by atoms with Crippen LogP contribution in [0.4, 0.5) is 5.69 Å². The van der Waals surface area contributed by atoms with Crippen molar-refractivity contribution in [3.63, 3.8) is 0 Å². The number of aliphatic carboxylic acids is 1. The van der Waals surface area contributed by atoms with Crippen LogP contribution in [0.15, 0.2) is 42.5 Å². The Kier molecular flexibility index (Phi) is 2.16. The average molecular weight is 271 g/mol. The number of carboxylic acids is 1. The lowest BCUT2D eigenvalue weighted by molar-refractivity contribution is -0.146. The fraction of sp³-hybridized carbons (Fsp3) is 0.333. The van der Waals surface area contributed by atoms with Gasteiger partial charge in [0.1, 0.15) is 11.5 Å². The Bertz CT molecular complexity index is 626. The Morgan fingerprint density at radius 2 is 2.10 bits per heavy atom. The molecule has 3 aliphatic rings. The first-order valence-corrected chi connectivity index (χ1v) is 6.59. The van der Waals surface area contributed by atoms with Gasteiger partial charge in [-0.15, -0.1) is 0 Å². The zero-order chi connectivity index (χ0) is 13.9. The van der Waals surface area contributed by atoms with Gasteiger partial charge in [0.2, 0.25) is 5.91 Å². The molecule has 0 unspecified atom stereocenters. The molecule has 1 spiro atoms.